The van der Waals surface area contributed by atoms with Crippen molar-refractivity contribution in [1.29, 1.82) is 0 Å². The second-order valence-corrected chi connectivity index (χ2v) is 8.07. The topological polar surface area (TPSA) is 59.4 Å². The minimum Gasteiger partial charge on any atom is -0.494 e. The molecule has 0 bridgehead atoms. The van der Waals surface area contributed by atoms with Crippen molar-refractivity contribution in [2.24, 2.45) is 0 Å². The highest BCUT2D eigenvalue weighted by molar-refractivity contribution is 5.90. The molecule has 0 spiro atoms. The van der Waals surface area contributed by atoms with Gasteiger partial charge in [-0.1, -0.05) is 32.9 Å². The van der Waals surface area contributed by atoms with Crippen molar-refractivity contribution < 1.29 is 9.53 Å². The first-order chi connectivity index (χ1) is 12.7. The second kappa shape index (κ2) is 9.55. The van der Waals surface area contributed by atoms with E-state index in [0.717, 1.165) is 24.5 Å². The van der Waals surface area contributed by atoms with Crippen LogP contribution in [0.1, 0.15) is 39.2 Å². The van der Waals surface area contributed by atoms with Crippen LogP contribution < -0.4 is 10.1 Å². The van der Waals surface area contributed by atoms with E-state index < -0.39 is 0 Å². The lowest BCUT2D eigenvalue weighted by molar-refractivity contribution is -0.116. The van der Waals surface area contributed by atoms with E-state index in [1.54, 1.807) is 6.20 Å². The molecule has 0 fully saturated rings. The molecule has 2 aromatic rings. The van der Waals surface area contributed by atoms with Gasteiger partial charge in [-0.15, -0.1) is 0 Å². The van der Waals surface area contributed by atoms with Gasteiger partial charge in [0.1, 0.15) is 5.75 Å². The lowest BCUT2D eigenvalue weighted by Gasteiger charge is -2.19. The molecule has 2 rings (SSSR count). The zero-order chi connectivity index (χ0) is 19.9. The van der Waals surface area contributed by atoms with Gasteiger partial charge in [0, 0.05) is 19.2 Å². The third-order valence-corrected chi connectivity index (χ3v) is 4.23. The Morgan fingerprint density at radius 3 is 2.56 bits per heavy atom. The Labute approximate surface area is 162 Å². The normalized spacial score (nSPS) is 11.6. The van der Waals surface area contributed by atoms with E-state index in [1.807, 2.05) is 37.1 Å². The Morgan fingerprint density at radius 1 is 1.22 bits per heavy atom. The van der Waals surface area contributed by atoms with E-state index in [-0.39, 0.29) is 11.3 Å². The van der Waals surface area contributed by atoms with Gasteiger partial charge in [0.2, 0.25) is 5.91 Å². The molecule has 148 valence electrons. The summed E-state index contributed by atoms with van der Waals surface area (Å²) in [5, 5.41) is 7.13. The monoisotopic (exact) mass is 372 g/mol. The Bertz CT molecular complexity index is 715. The number of hydrogen-bond donors (Lipinski definition) is 1. The number of nitrogens with zero attached hydrogens (tertiary/aromatic N) is 3. The first kappa shape index (κ1) is 21.0. The molecule has 0 radical (unpaired) electrons. The SMILES string of the molecule is CN(C)CCn1cc(NC(=O)CCCOc2ccc(C(C)(C)C)cc2)cn1. The van der Waals surface area contributed by atoms with Gasteiger partial charge >= 0.3 is 0 Å². The van der Waals surface area contributed by atoms with Gasteiger partial charge in [0.25, 0.3) is 0 Å². The van der Waals surface area contributed by atoms with Gasteiger partial charge in [-0.3, -0.25) is 9.48 Å². The molecule has 0 aliphatic rings. The number of benzene rings is 1. The van der Waals surface area contributed by atoms with Crippen molar-refractivity contribution in [3.63, 3.8) is 0 Å². The summed E-state index contributed by atoms with van der Waals surface area (Å²) in [6, 6.07) is 8.16. The predicted octanol–water partition coefficient (Wildman–Crippen LogP) is 3.54. The summed E-state index contributed by atoms with van der Waals surface area (Å²) in [7, 11) is 4.04. The molecule has 6 nitrogen and oxygen atoms in total. The highest BCUT2D eigenvalue weighted by Crippen LogP contribution is 2.24. The molecule has 0 aliphatic carbocycles. The summed E-state index contributed by atoms with van der Waals surface area (Å²) in [6.07, 6.45) is 4.63. The van der Waals surface area contributed by atoms with E-state index in [2.05, 4.69) is 48.2 Å². The van der Waals surface area contributed by atoms with Crippen molar-refractivity contribution in [2.45, 2.75) is 45.6 Å². The van der Waals surface area contributed by atoms with Crippen LogP contribution in [-0.2, 0) is 16.8 Å². The Balaban J connectivity index is 1.67. The minimum atomic E-state index is -0.0196. The van der Waals surface area contributed by atoms with Crippen LogP contribution in [0.4, 0.5) is 5.69 Å². The van der Waals surface area contributed by atoms with Crippen LogP contribution in [0.3, 0.4) is 0 Å². The summed E-state index contributed by atoms with van der Waals surface area (Å²) in [5.74, 6) is 0.819. The number of amides is 1. The van der Waals surface area contributed by atoms with Crippen LogP contribution in [0.25, 0.3) is 0 Å². The first-order valence-electron chi connectivity index (χ1n) is 9.44. The van der Waals surface area contributed by atoms with Crippen molar-refractivity contribution in [1.82, 2.24) is 14.7 Å². The van der Waals surface area contributed by atoms with Gasteiger partial charge in [0.05, 0.1) is 25.0 Å². The van der Waals surface area contributed by atoms with E-state index >= 15 is 0 Å². The van der Waals surface area contributed by atoms with Crippen molar-refractivity contribution in [3.05, 3.63) is 42.2 Å². The molecule has 1 heterocycles. The van der Waals surface area contributed by atoms with E-state index in [9.17, 15) is 4.79 Å². The Hall–Kier alpha value is -2.34. The first-order valence-corrected chi connectivity index (χ1v) is 9.44. The highest BCUT2D eigenvalue weighted by Gasteiger charge is 2.13. The number of anilines is 1. The molecule has 0 saturated carbocycles. The molecule has 0 aliphatic heterocycles. The lowest BCUT2D eigenvalue weighted by Crippen LogP contribution is -2.18. The summed E-state index contributed by atoms with van der Waals surface area (Å²) < 4.78 is 7.56. The molecule has 1 aromatic carbocycles. The average Bonchev–Trinajstić information content (AvgIpc) is 3.04. The molecule has 0 atom stereocenters. The van der Waals surface area contributed by atoms with Gasteiger partial charge in [0.15, 0.2) is 0 Å². The van der Waals surface area contributed by atoms with Crippen molar-refractivity contribution >= 4 is 11.6 Å². The number of nitrogens with one attached hydrogen (secondary N) is 1. The third kappa shape index (κ3) is 7.43. The van der Waals surface area contributed by atoms with E-state index in [4.69, 9.17) is 4.74 Å². The maximum Gasteiger partial charge on any atom is 0.224 e. The zero-order valence-corrected chi connectivity index (χ0v) is 17.2. The molecule has 1 N–H and O–H groups in total. The summed E-state index contributed by atoms with van der Waals surface area (Å²) >= 11 is 0. The molecule has 1 aromatic heterocycles. The van der Waals surface area contributed by atoms with E-state index in [1.165, 1.54) is 5.56 Å². The van der Waals surface area contributed by atoms with Crippen LogP contribution in [0.5, 0.6) is 5.75 Å². The highest BCUT2D eigenvalue weighted by atomic mass is 16.5. The molecule has 27 heavy (non-hydrogen) atoms. The average molecular weight is 373 g/mol. The molecule has 1 amide bonds. The second-order valence-electron chi connectivity index (χ2n) is 8.07. The van der Waals surface area contributed by atoms with Gasteiger partial charge in [-0.05, 0) is 43.6 Å². The van der Waals surface area contributed by atoms with E-state index in [0.29, 0.717) is 19.4 Å². The lowest BCUT2D eigenvalue weighted by atomic mass is 9.87. The fourth-order valence-corrected chi connectivity index (χ4v) is 2.55. The van der Waals surface area contributed by atoms with Gasteiger partial charge in [-0.25, -0.2) is 0 Å². The molecule has 6 heteroatoms. The molecule has 0 saturated heterocycles. The Morgan fingerprint density at radius 2 is 1.93 bits per heavy atom. The maximum atomic E-state index is 12.0. The Kier molecular flexibility index (Phi) is 7.42. The minimum absolute atomic E-state index is 0.0196. The summed E-state index contributed by atoms with van der Waals surface area (Å²) in [6.45, 7) is 8.78. The van der Waals surface area contributed by atoms with Crippen LogP contribution in [-0.4, -0.2) is 47.8 Å². The predicted molar refractivity (Wildman–Crippen MR) is 109 cm³/mol. The summed E-state index contributed by atoms with van der Waals surface area (Å²) in [5.41, 5.74) is 2.15. The summed E-state index contributed by atoms with van der Waals surface area (Å²) in [4.78, 5) is 14.1. The number of rotatable bonds is 9. The largest absolute Gasteiger partial charge is 0.494 e. The van der Waals surface area contributed by atoms with Crippen LogP contribution >= 0.6 is 0 Å². The number of aromatic nitrogens is 2. The maximum absolute atomic E-state index is 12.0. The third-order valence-electron chi connectivity index (χ3n) is 4.23. The number of hydrogen-bond acceptors (Lipinski definition) is 4. The standard InChI is InChI=1S/C21H32N4O2/c1-21(2,3)17-8-10-19(11-9-17)27-14-6-7-20(26)23-18-15-22-25(16-18)13-12-24(4)5/h8-11,15-16H,6-7,12-14H2,1-5H3,(H,23,26). The van der Waals surface area contributed by atoms with Crippen LogP contribution in [0.15, 0.2) is 36.7 Å². The number of ether oxygens (including phenoxy) is 1. The van der Waals surface area contributed by atoms with Crippen molar-refractivity contribution in [2.75, 3.05) is 32.6 Å². The number of carbonyl (C=O) groups excluding carboxylic acids is 1. The van der Waals surface area contributed by atoms with Gasteiger partial charge < -0.3 is 15.0 Å². The smallest absolute Gasteiger partial charge is 0.224 e. The fraction of sp³-hybridized carbons (Fsp3) is 0.524. The molecular formula is C21H32N4O2. The molecular weight excluding hydrogens is 340 g/mol. The van der Waals surface area contributed by atoms with Crippen molar-refractivity contribution in [3.8, 4) is 5.75 Å². The fourth-order valence-electron chi connectivity index (χ4n) is 2.55. The number of carbonyl (C=O) groups is 1. The quantitative estimate of drug-likeness (QED) is 0.684. The van der Waals surface area contributed by atoms with Gasteiger partial charge in [-0.2, -0.15) is 5.10 Å². The van der Waals surface area contributed by atoms with Crippen LogP contribution in [0.2, 0.25) is 0 Å². The van der Waals surface area contributed by atoms with Crippen LogP contribution in [0, 0.1) is 0 Å². The number of likely N-dealkylation sites (N-methyl/N-ethyl adjacent to an activating group) is 1. The molecule has 0 unspecified atom stereocenters. The zero-order valence-electron chi connectivity index (χ0n) is 17.2.